The fraction of sp³-hybridized carbons (Fsp3) is 0.385. The highest BCUT2D eigenvalue weighted by Crippen LogP contribution is 2.42. The van der Waals surface area contributed by atoms with Gasteiger partial charge in [-0.15, -0.1) is 0 Å². The first-order chi connectivity index (χ1) is 9.53. The number of ether oxygens (including phenoxy) is 1. The average molecular weight is 281 g/mol. The quantitative estimate of drug-likeness (QED) is 0.338. The zero-order valence-corrected chi connectivity index (χ0v) is 11.0. The molecule has 7 heteroatoms. The molecule has 0 atom stereocenters. The van der Waals surface area contributed by atoms with Crippen molar-refractivity contribution in [1.29, 1.82) is 0 Å². The van der Waals surface area contributed by atoms with Crippen molar-refractivity contribution in [3.8, 4) is 5.75 Å². The number of nitrogens with one attached hydrogen (secondary N) is 1. The molecule has 6 nitrogen and oxygen atoms in total. The summed E-state index contributed by atoms with van der Waals surface area (Å²) in [5.74, 6) is -0.742. The Kier molecular flexibility index (Phi) is 3.78. The molecule has 20 heavy (non-hydrogen) atoms. The van der Waals surface area contributed by atoms with Gasteiger partial charge < -0.3 is 21.0 Å². The second-order valence-electron chi connectivity index (χ2n) is 4.72. The smallest absolute Gasteiger partial charge is 0.238 e. The Bertz CT molecular complexity index is 556. The van der Waals surface area contributed by atoms with Crippen molar-refractivity contribution < 1.29 is 19.1 Å². The molecule has 1 aromatic carbocycles. The number of benzene rings is 1. The zero-order chi connectivity index (χ0) is 14.8. The molecule has 2 rings (SSSR count). The Labute approximate surface area is 115 Å². The first-order valence-electron chi connectivity index (χ1n) is 6.16. The van der Waals surface area contributed by atoms with E-state index in [4.69, 9.17) is 15.7 Å². The summed E-state index contributed by atoms with van der Waals surface area (Å²) in [4.78, 5) is 12.3. The van der Waals surface area contributed by atoms with E-state index in [-0.39, 0.29) is 17.5 Å². The average Bonchev–Trinajstić information content (AvgIpc) is 2.39. The first kappa shape index (κ1) is 14.1. The summed E-state index contributed by atoms with van der Waals surface area (Å²) in [7, 11) is 1.38. The van der Waals surface area contributed by atoms with Crippen LogP contribution in [0.3, 0.4) is 0 Å². The van der Waals surface area contributed by atoms with Crippen LogP contribution >= 0.6 is 0 Å². The fourth-order valence-electron chi connectivity index (χ4n) is 2.24. The lowest BCUT2D eigenvalue weighted by atomic mass is 9.67. The highest BCUT2D eigenvalue weighted by Gasteiger charge is 2.48. The van der Waals surface area contributed by atoms with Crippen LogP contribution in [-0.4, -0.2) is 24.1 Å². The maximum atomic E-state index is 13.1. The first-order valence-corrected chi connectivity index (χ1v) is 6.16. The molecule has 0 heterocycles. The Hall–Kier alpha value is -2.31. The molecule has 1 fully saturated rings. The number of hydrogen-bond donors (Lipinski definition) is 3. The van der Waals surface area contributed by atoms with E-state index in [2.05, 4.69) is 10.5 Å². The highest BCUT2D eigenvalue weighted by molar-refractivity contribution is 6.12. The maximum Gasteiger partial charge on any atom is 0.238 e. The van der Waals surface area contributed by atoms with Gasteiger partial charge in [-0.1, -0.05) is 11.6 Å². The third-order valence-corrected chi connectivity index (χ3v) is 3.65. The Morgan fingerprint density at radius 1 is 1.55 bits per heavy atom. The Morgan fingerprint density at radius 3 is 2.75 bits per heavy atom. The number of anilines is 1. The van der Waals surface area contributed by atoms with Gasteiger partial charge in [0.05, 0.1) is 12.8 Å². The third-order valence-electron chi connectivity index (χ3n) is 3.65. The van der Waals surface area contributed by atoms with Crippen LogP contribution in [0.25, 0.3) is 0 Å². The van der Waals surface area contributed by atoms with Gasteiger partial charge in [-0.3, -0.25) is 4.79 Å². The van der Waals surface area contributed by atoms with Gasteiger partial charge in [0.2, 0.25) is 5.91 Å². The van der Waals surface area contributed by atoms with Crippen LogP contribution in [0.2, 0.25) is 0 Å². The maximum absolute atomic E-state index is 13.1. The minimum atomic E-state index is -0.992. The number of carbonyl (C=O) groups excluding carboxylic acids is 1. The van der Waals surface area contributed by atoms with Crippen molar-refractivity contribution in [1.82, 2.24) is 0 Å². The summed E-state index contributed by atoms with van der Waals surface area (Å²) < 4.78 is 18.1. The van der Waals surface area contributed by atoms with Crippen LogP contribution in [0.15, 0.2) is 23.4 Å². The predicted octanol–water partition coefficient (Wildman–Crippen LogP) is 1.69. The molecule has 0 aromatic heterocycles. The van der Waals surface area contributed by atoms with Crippen molar-refractivity contribution in [2.45, 2.75) is 19.3 Å². The number of methoxy groups -OCH3 is 1. The van der Waals surface area contributed by atoms with Gasteiger partial charge in [-0.05, 0) is 25.0 Å². The number of nitrogens with zero attached hydrogens (tertiary/aromatic N) is 1. The number of oxime groups is 1. The van der Waals surface area contributed by atoms with Gasteiger partial charge in [0.1, 0.15) is 17.0 Å². The van der Waals surface area contributed by atoms with Crippen LogP contribution in [0.1, 0.15) is 19.3 Å². The molecule has 1 aliphatic carbocycles. The summed E-state index contributed by atoms with van der Waals surface area (Å²) >= 11 is 0. The Morgan fingerprint density at radius 2 is 2.25 bits per heavy atom. The fourth-order valence-corrected chi connectivity index (χ4v) is 2.24. The molecule has 1 saturated carbocycles. The summed E-state index contributed by atoms with van der Waals surface area (Å²) in [5, 5.41) is 14.4. The molecule has 0 bridgehead atoms. The monoisotopic (exact) mass is 281 g/mol. The molecule has 0 spiro atoms. The van der Waals surface area contributed by atoms with E-state index >= 15 is 0 Å². The topological polar surface area (TPSA) is 96.9 Å². The molecule has 108 valence electrons. The normalized spacial score (nSPS) is 17.2. The molecular formula is C13H16FN3O3. The summed E-state index contributed by atoms with van der Waals surface area (Å²) in [5.41, 5.74) is 4.96. The van der Waals surface area contributed by atoms with Gasteiger partial charge in [0, 0.05) is 6.07 Å². The summed E-state index contributed by atoms with van der Waals surface area (Å²) in [6, 6.07) is 3.80. The van der Waals surface area contributed by atoms with Gasteiger partial charge in [-0.2, -0.15) is 0 Å². The van der Waals surface area contributed by atoms with Crippen LogP contribution in [0.5, 0.6) is 5.75 Å². The number of nitrogens with two attached hydrogens (primary N) is 1. The molecule has 4 N–H and O–H groups in total. The number of amides is 1. The number of hydrogen-bond acceptors (Lipinski definition) is 4. The van der Waals surface area contributed by atoms with Gasteiger partial charge >= 0.3 is 0 Å². The van der Waals surface area contributed by atoms with E-state index in [9.17, 15) is 9.18 Å². The minimum absolute atomic E-state index is 0.109. The molecule has 0 aliphatic heterocycles. The molecule has 1 aliphatic rings. The number of amidine groups is 1. The minimum Gasteiger partial charge on any atom is -0.494 e. The third kappa shape index (κ3) is 2.26. The van der Waals surface area contributed by atoms with E-state index in [1.165, 1.54) is 25.3 Å². The number of carbonyl (C=O) groups is 1. The number of rotatable bonds is 4. The Balaban J connectivity index is 2.24. The lowest BCUT2D eigenvalue weighted by molar-refractivity contribution is -0.125. The van der Waals surface area contributed by atoms with Crippen molar-refractivity contribution in [3.05, 3.63) is 24.0 Å². The van der Waals surface area contributed by atoms with Gasteiger partial charge in [0.25, 0.3) is 0 Å². The molecule has 1 amide bonds. The van der Waals surface area contributed by atoms with Crippen LogP contribution in [-0.2, 0) is 4.79 Å². The molecule has 1 aromatic rings. The molecule has 0 radical (unpaired) electrons. The SMILES string of the molecule is COc1cc(F)ccc1NC(=O)C1(/C(N)=N/O)CCC1. The second kappa shape index (κ2) is 5.36. The van der Waals surface area contributed by atoms with E-state index < -0.39 is 11.2 Å². The van der Waals surface area contributed by atoms with E-state index in [1.807, 2.05) is 0 Å². The lowest BCUT2D eigenvalue weighted by Crippen LogP contribution is -2.51. The molecule has 0 unspecified atom stereocenters. The predicted molar refractivity (Wildman–Crippen MR) is 71.3 cm³/mol. The second-order valence-corrected chi connectivity index (χ2v) is 4.72. The number of halogens is 1. The van der Waals surface area contributed by atoms with Crippen molar-refractivity contribution in [3.63, 3.8) is 0 Å². The van der Waals surface area contributed by atoms with Crippen molar-refractivity contribution in [2.24, 2.45) is 16.3 Å². The largest absolute Gasteiger partial charge is 0.494 e. The summed E-state index contributed by atoms with van der Waals surface area (Å²) in [6.07, 6.45) is 1.85. The van der Waals surface area contributed by atoms with Gasteiger partial charge in [-0.25, -0.2) is 4.39 Å². The summed E-state index contributed by atoms with van der Waals surface area (Å²) in [6.45, 7) is 0. The van der Waals surface area contributed by atoms with Gasteiger partial charge in [0.15, 0.2) is 5.84 Å². The van der Waals surface area contributed by atoms with E-state index in [1.54, 1.807) is 0 Å². The lowest BCUT2D eigenvalue weighted by Gasteiger charge is -2.38. The van der Waals surface area contributed by atoms with Crippen LogP contribution < -0.4 is 15.8 Å². The van der Waals surface area contributed by atoms with E-state index in [0.29, 0.717) is 18.5 Å². The molecular weight excluding hydrogens is 265 g/mol. The van der Waals surface area contributed by atoms with Crippen molar-refractivity contribution >= 4 is 17.4 Å². The van der Waals surface area contributed by atoms with E-state index in [0.717, 1.165) is 6.42 Å². The standard InChI is InChI=1S/C13H16FN3O3/c1-20-10-7-8(14)3-4-9(10)16-12(18)13(5-2-6-13)11(15)17-19/h3-4,7,19H,2,5-6H2,1H3,(H2,15,17)(H,16,18). The van der Waals surface area contributed by atoms with Crippen LogP contribution in [0.4, 0.5) is 10.1 Å². The van der Waals surface area contributed by atoms with Crippen LogP contribution in [0, 0.1) is 11.2 Å². The highest BCUT2D eigenvalue weighted by atomic mass is 19.1. The van der Waals surface area contributed by atoms with Crippen molar-refractivity contribution in [2.75, 3.05) is 12.4 Å². The zero-order valence-electron chi connectivity index (χ0n) is 11.0. The molecule has 0 saturated heterocycles.